The molecule has 0 aliphatic heterocycles. The van der Waals surface area contributed by atoms with Gasteiger partial charge in [0.15, 0.2) is 16.0 Å². The van der Waals surface area contributed by atoms with Crippen LogP contribution in [0.15, 0.2) is 46.8 Å². The number of para-hydroxylation sites is 1. The van der Waals surface area contributed by atoms with Crippen molar-refractivity contribution in [2.24, 2.45) is 0 Å². The van der Waals surface area contributed by atoms with Gasteiger partial charge in [-0.3, -0.25) is 4.79 Å². The largest absolute Gasteiger partial charge is 0.349 e. The Bertz CT molecular complexity index is 849. The molecule has 0 saturated carbocycles. The van der Waals surface area contributed by atoms with Crippen LogP contribution in [0.1, 0.15) is 18.5 Å². The van der Waals surface area contributed by atoms with Gasteiger partial charge in [-0.1, -0.05) is 30.0 Å². The van der Waals surface area contributed by atoms with Gasteiger partial charge < -0.3 is 5.32 Å². The van der Waals surface area contributed by atoms with Gasteiger partial charge in [0.1, 0.15) is 0 Å². The van der Waals surface area contributed by atoms with Crippen LogP contribution in [0.3, 0.4) is 0 Å². The quantitative estimate of drug-likeness (QED) is 0.676. The van der Waals surface area contributed by atoms with E-state index >= 15 is 0 Å². The smallest absolute Gasteiger partial charge is 0.230 e. The molecule has 124 valence electrons. The molecular formula is C17H14F2N2OS2. The Hall–Kier alpha value is -1.99. The Kier molecular flexibility index (Phi) is 5.11. The van der Waals surface area contributed by atoms with Crippen molar-refractivity contribution in [1.82, 2.24) is 10.3 Å². The monoisotopic (exact) mass is 364 g/mol. The van der Waals surface area contributed by atoms with Gasteiger partial charge in [-0.25, -0.2) is 13.8 Å². The highest BCUT2D eigenvalue weighted by Crippen LogP contribution is 2.29. The van der Waals surface area contributed by atoms with E-state index in [-0.39, 0.29) is 11.7 Å². The maximum Gasteiger partial charge on any atom is 0.230 e. The number of amides is 1. The highest BCUT2D eigenvalue weighted by Gasteiger charge is 2.13. The van der Waals surface area contributed by atoms with Crippen molar-refractivity contribution in [1.29, 1.82) is 0 Å². The molecule has 0 fully saturated rings. The molecule has 0 bridgehead atoms. The van der Waals surface area contributed by atoms with Gasteiger partial charge >= 0.3 is 0 Å². The van der Waals surface area contributed by atoms with E-state index in [0.717, 1.165) is 26.7 Å². The summed E-state index contributed by atoms with van der Waals surface area (Å²) in [5.41, 5.74) is 1.44. The zero-order valence-electron chi connectivity index (χ0n) is 12.8. The third-order valence-corrected chi connectivity index (χ3v) is 5.60. The zero-order chi connectivity index (χ0) is 17.1. The summed E-state index contributed by atoms with van der Waals surface area (Å²) in [4.78, 5) is 16.5. The van der Waals surface area contributed by atoms with Gasteiger partial charge in [0.25, 0.3) is 0 Å². The number of aromatic nitrogens is 1. The maximum absolute atomic E-state index is 13.2. The topological polar surface area (TPSA) is 42.0 Å². The van der Waals surface area contributed by atoms with Crippen LogP contribution in [0.2, 0.25) is 0 Å². The molecule has 1 unspecified atom stereocenters. The number of rotatable bonds is 5. The molecule has 0 aliphatic rings. The third kappa shape index (κ3) is 3.91. The van der Waals surface area contributed by atoms with E-state index in [2.05, 4.69) is 10.3 Å². The summed E-state index contributed by atoms with van der Waals surface area (Å²) in [6, 6.07) is 11.0. The number of benzene rings is 2. The Labute approximate surface area is 146 Å². The Morgan fingerprint density at radius 3 is 2.79 bits per heavy atom. The molecule has 0 saturated heterocycles. The van der Waals surface area contributed by atoms with Gasteiger partial charge in [-0.05, 0) is 36.8 Å². The van der Waals surface area contributed by atoms with Gasteiger partial charge in [0.2, 0.25) is 5.91 Å². The predicted molar refractivity (Wildman–Crippen MR) is 93.3 cm³/mol. The second-order valence-corrected chi connectivity index (χ2v) is 7.45. The number of nitrogens with one attached hydrogen (secondary N) is 1. The number of thiazole rings is 1. The fourth-order valence-electron chi connectivity index (χ4n) is 2.19. The van der Waals surface area contributed by atoms with Crippen LogP contribution in [0.5, 0.6) is 0 Å². The zero-order valence-corrected chi connectivity index (χ0v) is 14.4. The lowest BCUT2D eigenvalue weighted by Gasteiger charge is -2.14. The van der Waals surface area contributed by atoms with Crippen LogP contribution in [-0.2, 0) is 4.79 Å². The van der Waals surface area contributed by atoms with Crippen molar-refractivity contribution in [3.05, 3.63) is 59.7 Å². The Morgan fingerprint density at radius 1 is 1.25 bits per heavy atom. The summed E-state index contributed by atoms with van der Waals surface area (Å²) in [5, 5.41) is 2.77. The predicted octanol–water partition coefficient (Wildman–Crippen LogP) is 4.54. The molecule has 2 aromatic carbocycles. The van der Waals surface area contributed by atoms with Crippen LogP contribution in [-0.4, -0.2) is 16.6 Å². The van der Waals surface area contributed by atoms with Gasteiger partial charge in [0.05, 0.1) is 22.0 Å². The molecule has 3 nitrogen and oxygen atoms in total. The molecule has 1 N–H and O–H groups in total. The summed E-state index contributed by atoms with van der Waals surface area (Å²) in [7, 11) is 0. The average molecular weight is 364 g/mol. The molecular weight excluding hydrogens is 350 g/mol. The van der Waals surface area contributed by atoms with E-state index in [0.29, 0.717) is 5.56 Å². The highest BCUT2D eigenvalue weighted by molar-refractivity contribution is 8.01. The van der Waals surface area contributed by atoms with Crippen LogP contribution in [0.25, 0.3) is 10.2 Å². The first-order valence-corrected chi connectivity index (χ1v) is 9.06. The average Bonchev–Trinajstić information content (AvgIpc) is 2.98. The fraction of sp³-hybridized carbons (Fsp3) is 0.176. The van der Waals surface area contributed by atoms with Crippen LogP contribution in [0.4, 0.5) is 8.78 Å². The molecule has 1 aromatic heterocycles. The number of fused-ring (bicyclic) bond motifs is 1. The van der Waals surface area contributed by atoms with Crippen molar-refractivity contribution in [2.45, 2.75) is 17.3 Å². The molecule has 1 atom stereocenters. The SMILES string of the molecule is CC(NC(=O)CSc1nc2ccccc2s1)c1ccc(F)c(F)c1. The lowest BCUT2D eigenvalue weighted by molar-refractivity contribution is -0.119. The minimum absolute atomic E-state index is 0.184. The maximum atomic E-state index is 13.2. The first-order chi connectivity index (χ1) is 11.5. The van der Waals surface area contributed by atoms with E-state index < -0.39 is 17.7 Å². The lowest BCUT2D eigenvalue weighted by Crippen LogP contribution is -2.28. The molecule has 0 spiro atoms. The second kappa shape index (κ2) is 7.27. The normalized spacial score (nSPS) is 12.3. The van der Waals surface area contributed by atoms with E-state index in [1.807, 2.05) is 24.3 Å². The number of hydrogen-bond acceptors (Lipinski definition) is 4. The van der Waals surface area contributed by atoms with Gasteiger partial charge in [-0.2, -0.15) is 0 Å². The molecule has 24 heavy (non-hydrogen) atoms. The Balaban J connectivity index is 1.57. The molecule has 0 aliphatic carbocycles. The van der Waals surface area contributed by atoms with Gasteiger partial charge in [-0.15, -0.1) is 11.3 Å². The first kappa shape index (κ1) is 16.9. The Morgan fingerprint density at radius 2 is 2.04 bits per heavy atom. The molecule has 1 amide bonds. The van der Waals surface area contributed by atoms with Crippen molar-refractivity contribution in [2.75, 3.05) is 5.75 Å². The number of halogens is 2. The molecule has 0 radical (unpaired) electrons. The standard InChI is InChI=1S/C17H14F2N2OS2/c1-10(11-6-7-12(18)13(19)8-11)20-16(22)9-23-17-21-14-4-2-3-5-15(14)24-17/h2-8,10H,9H2,1H3,(H,20,22). The number of carbonyl (C=O) groups excluding carboxylic acids is 1. The summed E-state index contributed by atoms with van der Waals surface area (Å²) in [5.74, 6) is -1.79. The third-order valence-electron chi connectivity index (χ3n) is 3.42. The first-order valence-electron chi connectivity index (χ1n) is 7.25. The number of nitrogens with zero attached hydrogens (tertiary/aromatic N) is 1. The number of hydrogen-bond donors (Lipinski definition) is 1. The minimum Gasteiger partial charge on any atom is -0.349 e. The highest BCUT2D eigenvalue weighted by atomic mass is 32.2. The van der Waals surface area contributed by atoms with Crippen molar-refractivity contribution >= 4 is 39.2 Å². The summed E-state index contributed by atoms with van der Waals surface area (Å²) in [6.45, 7) is 1.73. The van der Waals surface area contributed by atoms with Crippen LogP contribution in [0, 0.1) is 11.6 Å². The van der Waals surface area contributed by atoms with Crippen molar-refractivity contribution in [3.8, 4) is 0 Å². The fourth-order valence-corrected chi connectivity index (χ4v) is 4.07. The summed E-state index contributed by atoms with van der Waals surface area (Å²) in [6.07, 6.45) is 0. The summed E-state index contributed by atoms with van der Waals surface area (Å²) >= 11 is 2.90. The van der Waals surface area contributed by atoms with E-state index in [9.17, 15) is 13.6 Å². The van der Waals surface area contributed by atoms with Crippen LogP contribution >= 0.6 is 23.1 Å². The molecule has 1 heterocycles. The minimum atomic E-state index is -0.919. The number of thioether (sulfide) groups is 1. The van der Waals surface area contributed by atoms with Crippen molar-refractivity contribution < 1.29 is 13.6 Å². The van der Waals surface area contributed by atoms with E-state index in [1.165, 1.54) is 29.2 Å². The molecule has 7 heteroatoms. The molecule has 3 rings (SSSR count). The number of carbonyl (C=O) groups is 1. The summed E-state index contributed by atoms with van der Waals surface area (Å²) < 4.78 is 28.1. The van der Waals surface area contributed by atoms with Gasteiger partial charge in [0, 0.05) is 0 Å². The lowest BCUT2D eigenvalue weighted by atomic mass is 10.1. The second-order valence-electron chi connectivity index (χ2n) is 5.20. The van der Waals surface area contributed by atoms with Crippen LogP contribution < -0.4 is 5.32 Å². The molecule has 3 aromatic rings. The van der Waals surface area contributed by atoms with Crippen molar-refractivity contribution in [3.63, 3.8) is 0 Å². The van der Waals surface area contributed by atoms with E-state index in [4.69, 9.17) is 0 Å². The van der Waals surface area contributed by atoms with E-state index in [1.54, 1.807) is 6.92 Å².